The Kier molecular flexibility index (Phi) is 5.55. The lowest BCUT2D eigenvalue weighted by atomic mass is 10.2. The molecule has 7 nitrogen and oxygen atoms in total. The van der Waals surface area contributed by atoms with Gasteiger partial charge in [-0.25, -0.2) is 17.8 Å². The van der Waals surface area contributed by atoms with Gasteiger partial charge in [0, 0.05) is 12.2 Å². The number of hydrogen-bond acceptors (Lipinski definition) is 5. The second kappa shape index (κ2) is 7.75. The molecule has 0 unspecified atom stereocenters. The van der Waals surface area contributed by atoms with Gasteiger partial charge < -0.3 is 9.30 Å². The molecule has 2 heterocycles. The molecule has 0 saturated carbocycles. The first kappa shape index (κ1) is 20.1. The van der Waals surface area contributed by atoms with Crippen molar-refractivity contribution in [1.29, 1.82) is 0 Å². The lowest BCUT2D eigenvalue weighted by Gasteiger charge is -2.12. The van der Waals surface area contributed by atoms with Gasteiger partial charge in [0.2, 0.25) is 21.9 Å². The highest BCUT2D eigenvalue weighted by molar-refractivity contribution is 7.91. The molecule has 0 amide bonds. The topological polar surface area (TPSA) is 86.1 Å². The fraction of sp³-hybridized carbons (Fsp3) is 0.368. The van der Waals surface area contributed by atoms with Crippen LogP contribution in [0.5, 0.6) is 5.88 Å². The quantitative estimate of drug-likeness (QED) is 0.648. The van der Waals surface area contributed by atoms with Gasteiger partial charge in [0.15, 0.2) is 0 Å². The van der Waals surface area contributed by atoms with Crippen molar-refractivity contribution in [2.75, 3.05) is 11.0 Å². The second-order valence-electron chi connectivity index (χ2n) is 6.70. The van der Waals surface area contributed by atoms with Crippen LogP contribution in [0, 0.1) is 19.7 Å². The summed E-state index contributed by atoms with van der Waals surface area (Å²) in [4.78, 5) is 8.70. The Bertz CT molecular complexity index is 1110. The lowest BCUT2D eigenvalue weighted by molar-refractivity contribution is 0.296. The molecular formula is C19H23FN4O3S. The average Bonchev–Trinajstić information content (AvgIpc) is 2.85. The molecule has 150 valence electrons. The standard InChI is InChI=1S/C19H23FN4O3S/c1-5-10-24-13(3)12(2)16-17(24)18(22-19(21-16)23-28(4,25)26)27-11-14-6-8-15(20)9-7-14/h6-9H,5,10-11H2,1-4H3,(H,21,22,23). The number of hydrogen-bond donors (Lipinski definition) is 1. The maximum Gasteiger partial charge on any atom is 0.243 e. The zero-order chi connectivity index (χ0) is 20.5. The Morgan fingerprint density at radius 1 is 1.18 bits per heavy atom. The number of nitrogens with one attached hydrogen (secondary N) is 1. The number of rotatable bonds is 7. The number of anilines is 1. The molecule has 0 radical (unpaired) electrons. The van der Waals surface area contributed by atoms with Crippen LogP contribution in [0.25, 0.3) is 11.0 Å². The smallest absolute Gasteiger partial charge is 0.243 e. The zero-order valence-corrected chi connectivity index (χ0v) is 17.1. The first-order valence-electron chi connectivity index (χ1n) is 8.92. The van der Waals surface area contributed by atoms with Crippen LogP contribution in [0.15, 0.2) is 24.3 Å². The average molecular weight is 406 g/mol. The van der Waals surface area contributed by atoms with E-state index in [0.29, 0.717) is 5.52 Å². The molecule has 0 saturated heterocycles. The molecule has 0 bridgehead atoms. The van der Waals surface area contributed by atoms with E-state index in [1.807, 2.05) is 13.8 Å². The van der Waals surface area contributed by atoms with E-state index in [1.54, 1.807) is 12.1 Å². The maximum absolute atomic E-state index is 13.1. The van der Waals surface area contributed by atoms with Crippen molar-refractivity contribution in [3.63, 3.8) is 0 Å². The van der Waals surface area contributed by atoms with Gasteiger partial charge in [0.1, 0.15) is 23.5 Å². The number of nitrogens with zero attached hydrogens (tertiary/aromatic N) is 3. The minimum atomic E-state index is -3.54. The molecule has 1 N–H and O–H groups in total. The fourth-order valence-electron chi connectivity index (χ4n) is 3.03. The molecule has 0 aliphatic rings. The zero-order valence-electron chi connectivity index (χ0n) is 16.3. The molecular weight excluding hydrogens is 383 g/mol. The highest BCUT2D eigenvalue weighted by Gasteiger charge is 2.20. The van der Waals surface area contributed by atoms with Gasteiger partial charge in [0.25, 0.3) is 0 Å². The normalized spacial score (nSPS) is 11.8. The van der Waals surface area contributed by atoms with Gasteiger partial charge in [-0.05, 0) is 43.5 Å². The van der Waals surface area contributed by atoms with E-state index in [1.165, 1.54) is 12.1 Å². The van der Waals surface area contributed by atoms with Crippen LogP contribution < -0.4 is 9.46 Å². The van der Waals surface area contributed by atoms with Crippen molar-refractivity contribution in [3.8, 4) is 5.88 Å². The van der Waals surface area contributed by atoms with Gasteiger partial charge in [0.05, 0.1) is 6.26 Å². The summed E-state index contributed by atoms with van der Waals surface area (Å²) in [6.45, 7) is 6.91. The Hall–Kier alpha value is -2.68. The van der Waals surface area contributed by atoms with Gasteiger partial charge in [-0.1, -0.05) is 19.1 Å². The van der Waals surface area contributed by atoms with Gasteiger partial charge in [-0.2, -0.15) is 4.98 Å². The summed E-state index contributed by atoms with van der Waals surface area (Å²) in [7, 11) is -3.54. The van der Waals surface area contributed by atoms with E-state index in [-0.39, 0.29) is 24.3 Å². The van der Waals surface area contributed by atoms with Crippen molar-refractivity contribution < 1.29 is 17.5 Å². The number of halogens is 1. The SMILES string of the molecule is CCCn1c(C)c(C)c2nc(NS(C)(=O)=O)nc(OCc3ccc(F)cc3)c21. The Morgan fingerprint density at radius 2 is 1.86 bits per heavy atom. The Labute approximate surface area is 163 Å². The number of sulfonamides is 1. The van der Waals surface area contributed by atoms with E-state index in [2.05, 4.69) is 26.2 Å². The molecule has 0 fully saturated rings. The molecule has 3 aromatic rings. The molecule has 3 rings (SSSR count). The fourth-order valence-corrected chi connectivity index (χ4v) is 3.45. The third-order valence-corrected chi connectivity index (χ3v) is 4.99. The Balaban J connectivity index is 2.10. The minimum Gasteiger partial charge on any atom is -0.471 e. The van der Waals surface area contributed by atoms with Gasteiger partial charge >= 0.3 is 0 Å². The molecule has 9 heteroatoms. The van der Waals surface area contributed by atoms with Crippen molar-refractivity contribution >= 4 is 27.0 Å². The van der Waals surface area contributed by atoms with Crippen LogP contribution in [0.4, 0.5) is 10.3 Å². The minimum absolute atomic E-state index is 0.0409. The van der Waals surface area contributed by atoms with Crippen molar-refractivity contribution in [3.05, 3.63) is 46.9 Å². The summed E-state index contributed by atoms with van der Waals surface area (Å²) >= 11 is 0. The Morgan fingerprint density at radius 3 is 2.46 bits per heavy atom. The monoisotopic (exact) mass is 406 g/mol. The summed E-state index contributed by atoms with van der Waals surface area (Å²) in [6.07, 6.45) is 1.95. The highest BCUT2D eigenvalue weighted by Crippen LogP contribution is 2.32. The van der Waals surface area contributed by atoms with E-state index in [0.717, 1.165) is 41.6 Å². The van der Waals surface area contributed by atoms with Crippen molar-refractivity contribution in [2.45, 2.75) is 40.3 Å². The van der Waals surface area contributed by atoms with Crippen LogP contribution >= 0.6 is 0 Å². The van der Waals surface area contributed by atoms with Gasteiger partial charge in [-0.3, -0.25) is 4.72 Å². The summed E-state index contributed by atoms with van der Waals surface area (Å²) in [5, 5.41) is 0. The molecule has 0 aliphatic heterocycles. The number of benzene rings is 1. The summed E-state index contributed by atoms with van der Waals surface area (Å²) in [6, 6.07) is 5.98. The predicted molar refractivity (Wildman–Crippen MR) is 106 cm³/mol. The molecule has 28 heavy (non-hydrogen) atoms. The largest absolute Gasteiger partial charge is 0.471 e. The van der Waals surface area contributed by atoms with Gasteiger partial charge in [-0.15, -0.1) is 0 Å². The summed E-state index contributed by atoms with van der Waals surface area (Å²) < 4.78 is 46.7. The third-order valence-electron chi connectivity index (χ3n) is 4.44. The summed E-state index contributed by atoms with van der Waals surface area (Å²) in [5.74, 6) is -0.0816. The van der Waals surface area contributed by atoms with Crippen LogP contribution in [-0.4, -0.2) is 29.2 Å². The second-order valence-corrected chi connectivity index (χ2v) is 8.45. The third kappa shape index (κ3) is 4.24. The number of fused-ring (bicyclic) bond motifs is 1. The highest BCUT2D eigenvalue weighted by atomic mass is 32.2. The maximum atomic E-state index is 13.1. The molecule has 2 aromatic heterocycles. The molecule has 0 atom stereocenters. The van der Waals surface area contributed by atoms with Crippen LogP contribution in [0.3, 0.4) is 0 Å². The molecule has 0 spiro atoms. The first-order chi connectivity index (χ1) is 13.2. The van der Waals surface area contributed by atoms with Crippen LogP contribution in [-0.2, 0) is 23.2 Å². The van der Waals surface area contributed by atoms with E-state index in [9.17, 15) is 12.8 Å². The first-order valence-corrected chi connectivity index (χ1v) is 10.8. The number of aromatic nitrogens is 3. The number of aryl methyl sites for hydroxylation is 2. The van der Waals surface area contributed by atoms with E-state index in [4.69, 9.17) is 4.74 Å². The predicted octanol–water partition coefficient (Wildman–Crippen LogP) is 3.55. The van der Waals surface area contributed by atoms with Crippen LogP contribution in [0.1, 0.15) is 30.2 Å². The number of ether oxygens (including phenoxy) is 1. The van der Waals surface area contributed by atoms with Crippen molar-refractivity contribution in [1.82, 2.24) is 14.5 Å². The van der Waals surface area contributed by atoms with E-state index < -0.39 is 10.0 Å². The molecule has 0 aliphatic carbocycles. The van der Waals surface area contributed by atoms with E-state index >= 15 is 0 Å². The van der Waals surface area contributed by atoms with Crippen molar-refractivity contribution in [2.24, 2.45) is 0 Å². The lowest BCUT2D eigenvalue weighted by Crippen LogP contribution is -2.13. The molecule has 1 aromatic carbocycles. The van der Waals surface area contributed by atoms with Crippen LogP contribution in [0.2, 0.25) is 0 Å². The summed E-state index contributed by atoms with van der Waals surface area (Å²) in [5.41, 5.74) is 4.09.